The number of amides is 1. The minimum atomic E-state index is -0.156. The highest BCUT2D eigenvalue weighted by molar-refractivity contribution is 6.30. The van der Waals surface area contributed by atoms with Crippen LogP contribution < -0.4 is 10.6 Å². The van der Waals surface area contributed by atoms with Gasteiger partial charge in [0.05, 0.1) is 11.9 Å². The Morgan fingerprint density at radius 3 is 2.60 bits per heavy atom. The van der Waals surface area contributed by atoms with Crippen LogP contribution in [0.2, 0.25) is 5.02 Å². The lowest BCUT2D eigenvalue weighted by Gasteiger charge is -2.10. The van der Waals surface area contributed by atoms with Gasteiger partial charge in [0.2, 0.25) is 0 Å². The third-order valence-electron chi connectivity index (χ3n) is 3.76. The second-order valence-corrected chi connectivity index (χ2v) is 6.28. The van der Waals surface area contributed by atoms with E-state index in [1.54, 1.807) is 12.3 Å². The first kappa shape index (κ1) is 17.0. The number of halogens is 1. The molecule has 126 valence electrons. The number of nitrogens with one attached hydrogen (secondary N) is 2. The van der Waals surface area contributed by atoms with Crippen LogP contribution in [0.3, 0.4) is 0 Å². The molecule has 1 amide bonds. The van der Waals surface area contributed by atoms with Crippen LogP contribution in [0.15, 0.2) is 60.8 Å². The summed E-state index contributed by atoms with van der Waals surface area (Å²) in [6, 6.07) is 16.7. The van der Waals surface area contributed by atoms with Gasteiger partial charge in [0, 0.05) is 16.3 Å². The fourth-order valence-corrected chi connectivity index (χ4v) is 2.57. The van der Waals surface area contributed by atoms with E-state index in [-0.39, 0.29) is 5.91 Å². The molecule has 1 aromatic heterocycles. The molecule has 0 bridgehead atoms. The van der Waals surface area contributed by atoms with Crippen molar-refractivity contribution in [1.29, 1.82) is 0 Å². The van der Waals surface area contributed by atoms with E-state index in [1.807, 2.05) is 62.4 Å². The molecule has 0 unspecified atom stereocenters. The third kappa shape index (κ3) is 4.37. The van der Waals surface area contributed by atoms with Gasteiger partial charge in [0.25, 0.3) is 5.91 Å². The minimum Gasteiger partial charge on any atom is -0.340 e. The van der Waals surface area contributed by atoms with E-state index in [2.05, 4.69) is 15.6 Å². The largest absolute Gasteiger partial charge is 0.340 e. The van der Waals surface area contributed by atoms with Crippen LogP contribution in [0, 0.1) is 13.8 Å². The molecule has 5 heteroatoms. The summed E-state index contributed by atoms with van der Waals surface area (Å²) in [7, 11) is 0. The molecular formula is C20H18ClN3O. The molecule has 3 aromatic rings. The first-order valence-electron chi connectivity index (χ1n) is 7.88. The average Bonchev–Trinajstić information content (AvgIpc) is 2.60. The van der Waals surface area contributed by atoms with Crippen molar-refractivity contribution >= 4 is 34.7 Å². The first-order chi connectivity index (χ1) is 12.0. The number of carbonyl (C=O) groups is 1. The Bertz CT molecular complexity index is 907. The van der Waals surface area contributed by atoms with Gasteiger partial charge in [-0.25, -0.2) is 4.98 Å². The Morgan fingerprint density at radius 1 is 1.04 bits per heavy atom. The highest BCUT2D eigenvalue weighted by Crippen LogP contribution is 2.23. The number of carbonyl (C=O) groups excluding carboxylic acids is 1. The van der Waals surface area contributed by atoms with Crippen LogP contribution in [0.25, 0.3) is 0 Å². The van der Waals surface area contributed by atoms with E-state index in [9.17, 15) is 4.79 Å². The van der Waals surface area contributed by atoms with Crippen LogP contribution in [0.5, 0.6) is 0 Å². The number of anilines is 3. The maximum absolute atomic E-state index is 12.3. The number of hydrogen-bond acceptors (Lipinski definition) is 3. The number of aryl methyl sites for hydroxylation is 2. The van der Waals surface area contributed by atoms with E-state index in [1.165, 1.54) is 0 Å². The van der Waals surface area contributed by atoms with E-state index in [4.69, 9.17) is 11.6 Å². The van der Waals surface area contributed by atoms with Crippen LogP contribution in [0.4, 0.5) is 17.2 Å². The number of rotatable bonds is 4. The molecule has 0 aliphatic heterocycles. The molecule has 25 heavy (non-hydrogen) atoms. The maximum Gasteiger partial charge on any atom is 0.255 e. The Kier molecular flexibility index (Phi) is 5.00. The standard InChI is InChI=1S/C20H18ClN3O/c1-13-4-3-5-15(10-13)20(25)23-17-8-9-19(22-12-17)24-18-11-16(21)7-6-14(18)2/h3-12H,1-2H3,(H,22,24)(H,23,25). The molecule has 0 radical (unpaired) electrons. The summed E-state index contributed by atoms with van der Waals surface area (Å²) in [6.45, 7) is 3.95. The second kappa shape index (κ2) is 7.36. The van der Waals surface area contributed by atoms with Crippen LogP contribution in [-0.2, 0) is 0 Å². The Labute approximate surface area is 151 Å². The molecule has 0 aliphatic rings. The van der Waals surface area contributed by atoms with Crippen molar-refractivity contribution in [3.8, 4) is 0 Å². The number of pyridine rings is 1. The van der Waals surface area contributed by atoms with Crippen LogP contribution in [0.1, 0.15) is 21.5 Å². The van der Waals surface area contributed by atoms with Crippen molar-refractivity contribution in [2.75, 3.05) is 10.6 Å². The minimum absolute atomic E-state index is 0.156. The Morgan fingerprint density at radius 2 is 1.88 bits per heavy atom. The molecule has 3 rings (SSSR count). The monoisotopic (exact) mass is 351 g/mol. The molecule has 2 aromatic carbocycles. The fraction of sp³-hybridized carbons (Fsp3) is 0.100. The predicted molar refractivity (Wildman–Crippen MR) is 103 cm³/mol. The summed E-state index contributed by atoms with van der Waals surface area (Å²) in [5, 5.41) is 6.73. The van der Waals surface area contributed by atoms with Gasteiger partial charge < -0.3 is 10.6 Å². The number of aromatic nitrogens is 1. The lowest BCUT2D eigenvalue weighted by molar-refractivity contribution is 0.102. The van der Waals surface area contributed by atoms with Gasteiger partial charge in [-0.1, -0.05) is 35.4 Å². The summed E-state index contributed by atoms with van der Waals surface area (Å²) in [6.07, 6.45) is 1.62. The van der Waals surface area contributed by atoms with Crippen LogP contribution >= 0.6 is 11.6 Å². The highest BCUT2D eigenvalue weighted by Gasteiger charge is 2.07. The van der Waals surface area contributed by atoms with Gasteiger partial charge in [-0.15, -0.1) is 0 Å². The van der Waals surface area contributed by atoms with Crippen molar-refractivity contribution in [1.82, 2.24) is 4.98 Å². The molecule has 0 fully saturated rings. The molecule has 2 N–H and O–H groups in total. The average molecular weight is 352 g/mol. The van der Waals surface area contributed by atoms with Gasteiger partial charge in [0.15, 0.2) is 0 Å². The molecule has 0 saturated heterocycles. The Balaban J connectivity index is 1.70. The van der Waals surface area contributed by atoms with Crippen molar-refractivity contribution < 1.29 is 4.79 Å². The third-order valence-corrected chi connectivity index (χ3v) is 4.00. The van der Waals surface area contributed by atoms with E-state index < -0.39 is 0 Å². The van der Waals surface area contributed by atoms with E-state index in [0.29, 0.717) is 22.1 Å². The molecule has 0 saturated carbocycles. The number of benzene rings is 2. The van der Waals surface area contributed by atoms with Gasteiger partial charge in [0.1, 0.15) is 5.82 Å². The van der Waals surface area contributed by atoms with Crippen molar-refractivity contribution in [2.45, 2.75) is 13.8 Å². The van der Waals surface area contributed by atoms with E-state index >= 15 is 0 Å². The van der Waals surface area contributed by atoms with Crippen molar-refractivity contribution in [3.63, 3.8) is 0 Å². The second-order valence-electron chi connectivity index (χ2n) is 5.84. The summed E-state index contributed by atoms with van der Waals surface area (Å²) in [4.78, 5) is 16.6. The maximum atomic E-state index is 12.3. The summed E-state index contributed by atoms with van der Waals surface area (Å²) >= 11 is 6.03. The van der Waals surface area contributed by atoms with Gasteiger partial charge in [-0.3, -0.25) is 4.79 Å². The molecule has 0 aliphatic carbocycles. The Hall–Kier alpha value is -2.85. The molecule has 0 atom stereocenters. The first-order valence-corrected chi connectivity index (χ1v) is 8.26. The number of nitrogens with zero attached hydrogens (tertiary/aromatic N) is 1. The van der Waals surface area contributed by atoms with Gasteiger partial charge >= 0.3 is 0 Å². The smallest absolute Gasteiger partial charge is 0.255 e. The van der Waals surface area contributed by atoms with Gasteiger partial charge in [-0.05, 0) is 55.8 Å². The topological polar surface area (TPSA) is 54.0 Å². The molecule has 1 heterocycles. The molecular weight excluding hydrogens is 334 g/mol. The predicted octanol–water partition coefficient (Wildman–Crippen LogP) is 5.35. The highest BCUT2D eigenvalue weighted by atomic mass is 35.5. The van der Waals surface area contributed by atoms with Crippen molar-refractivity contribution in [3.05, 3.63) is 82.5 Å². The normalized spacial score (nSPS) is 10.4. The SMILES string of the molecule is Cc1cccc(C(=O)Nc2ccc(Nc3cc(Cl)ccc3C)nc2)c1. The van der Waals surface area contributed by atoms with Crippen LogP contribution in [-0.4, -0.2) is 10.9 Å². The quantitative estimate of drug-likeness (QED) is 0.666. The fourth-order valence-electron chi connectivity index (χ4n) is 2.40. The van der Waals surface area contributed by atoms with Crippen molar-refractivity contribution in [2.24, 2.45) is 0 Å². The molecule has 0 spiro atoms. The zero-order chi connectivity index (χ0) is 17.8. The van der Waals surface area contributed by atoms with E-state index in [0.717, 1.165) is 16.8 Å². The molecule has 4 nitrogen and oxygen atoms in total. The summed E-state index contributed by atoms with van der Waals surface area (Å²) < 4.78 is 0. The zero-order valence-electron chi connectivity index (χ0n) is 14.0. The summed E-state index contributed by atoms with van der Waals surface area (Å²) in [5.41, 5.74) is 4.28. The lowest BCUT2D eigenvalue weighted by atomic mass is 10.1. The number of hydrogen-bond donors (Lipinski definition) is 2. The van der Waals surface area contributed by atoms with Gasteiger partial charge in [-0.2, -0.15) is 0 Å². The lowest BCUT2D eigenvalue weighted by Crippen LogP contribution is -2.12. The zero-order valence-corrected chi connectivity index (χ0v) is 14.8. The summed E-state index contributed by atoms with van der Waals surface area (Å²) in [5.74, 6) is 0.524.